The van der Waals surface area contributed by atoms with Crippen molar-refractivity contribution >= 4 is 15.9 Å². The van der Waals surface area contributed by atoms with E-state index in [1.165, 1.54) is 5.56 Å². The van der Waals surface area contributed by atoms with Crippen LogP contribution in [0, 0.1) is 0 Å². The van der Waals surface area contributed by atoms with Crippen molar-refractivity contribution in [1.82, 2.24) is 9.88 Å². The average molecular weight is 215 g/mol. The summed E-state index contributed by atoms with van der Waals surface area (Å²) in [4.78, 5) is 6.18. The van der Waals surface area contributed by atoms with Gasteiger partial charge in [-0.15, -0.1) is 0 Å². The van der Waals surface area contributed by atoms with E-state index in [0.29, 0.717) is 0 Å². The molecule has 1 aromatic heterocycles. The Balaban J connectivity index is 2.71. The van der Waals surface area contributed by atoms with Gasteiger partial charge in [0.2, 0.25) is 0 Å². The number of aromatic nitrogens is 1. The molecule has 0 aromatic carbocycles. The van der Waals surface area contributed by atoms with Crippen LogP contribution in [0.4, 0.5) is 0 Å². The topological polar surface area (TPSA) is 16.1 Å². The van der Waals surface area contributed by atoms with Crippen LogP contribution in [0.5, 0.6) is 0 Å². The summed E-state index contributed by atoms with van der Waals surface area (Å²) < 4.78 is 1.04. The fourth-order valence-corrected chi connectivity index (χ4v) is 1.32. The first kappa shape index (κ1) is 8.68. The number of pyridine rings is 1. The number of hydrogen-bond acceptors (Lipinski definition) is 2. The molecule has 0 saturated heterocycles. The molecule has 60 valence electrons. The smallest absolute Gasteiger partial charge is 0.0410 e. The van der Waals surface area contributed by atoms with Crippen molar-refractivity contribution in [3.63, 3.8) is 0 Å². The molecule has 0 unspecified atom stereocenters. The van der Waals surface area contributed by atoms with Crippen molar-refractivity contribution in [3.8, 4) is 0 Å². The maximum absolute atomic E-state index is 4.06. The minimum atomic E-state index is 0.937. The van der Waals surface area contributed by atoms with Gasteiger partial charge in [0.1, 0.15) is 0 Å². The van der Waals surface area contributed by atoms with Gasteiger partial charge in [-0.2, -0.15) is 0 Å². The van der Waals surface area contributed by atoms with Crippen LogP contribution >= 0.6 is 15.9 Å². The van der Waals surface area contributed by atoms with Gasteiger partial charge in [0.25, 0.3) is 0 Å². The maximum atomic E-state index is 4.06. The van der Waals surface area contributed by atoms with Crippen LogP contribution in [0.25, 0.3) is 0 Å². The first-order valence-corrected chi connectivity index (χ1v) is 4.22. The number of halogens is 1. The lowest BCUT2D eigenvalue weighted by atomic mass is 10.3. The Morgan fingerprint density at radius 3 is 2.73 bits per heavy atom. The molecule has 0 bridgehead atoms. The van der Waals surface area contributed by atoms with Crippen LogP contribution in [0.2, 0.25) is 0 Å². The van der Waals surface area contributed by atoms with E-state index in [2.05, 4.69) is 31.9 Å². The zero-order valence-corrected chi connectivity index (χ0v) is 8.30. The minimum Gasteiger partial charge on any atom is -0.305 e. The van der Waals surface area contributed by atoms with E-state index in [4.69, 9.17) is 0 Å². The molecular formula is C8H11BrN2. The number of rotatable bonds is 2. The fraction of sp³-hybridized carbons (Fsp3) is 0.375. The Bertz CT molecular complexity index is 235. The van der Waals surface area contributed by atoms with E-state index in [0.717, 1.165) is 11.0 Å². The van der Waals surface area contributed by atoms with Crippen LogP contribution in [-0.4, -0.2) is 24.0 Å². The van der Waals surface area contributed by atoms with Crippen molar-refractivity contribution in [3.05, 3.63) is 28.5 Å². The Morgan fingerprint density at radius 1 is 1.45 bits per heavy atom. The van der Waals surface area contributed by atoms with Crippen LogP contribution in [0.3, 0.4) is 0 Å². The molecule has 0 spiro atoms. The molecule has 0 aliphatic heterocycles. The number of hydrogen-bond donors (Lipinski definition) is 0. The molecule has 0 aliphatic carbocycles. The highest BCUT2D eigenvalue weighted by molar-refractivity contribution is 9.10. The maximum Gasteiger partial charge on any atom is 0.0410 e. The summed E-state index contributed by atoms with van der Waals surface area (Å²) in [6.45, 7) is 0.937. The van der Waals surface area contributed by atoms with Crippen molar-refractivity contribution in [2.24, 2.45) is 0 Å². The summed E-state index contributed by atoms with van der Waals surface area (Å²) in [5.74, 6) is 0. The largest absolute Gasteiger partial charge is 0.305 e. The van der Waals surface area contributed by atoms with Crippen molar-refractivity contribution in [1.29, 1.82) is 0 Å². The lowest BCUT2D eigenvalue weighted by Crippen LogP contribution is -2.10. The molecule has 1 rings (SSSR count). The molecule has 0 N–H and O–H groups in total. The molecule has 0 aliphatic rings. The van der Waals surface area contributed by atoms with E-state index in [1.54, 1.807) is 6.20 Å². The van der Waals surface area contributed by atoms with Crippen molar-refractivity contribution < 1.29 is 0 Å². The third-order valence-corrected chi connectivity index (χ3v) is 1.69. The van der Waals surface area contributed by atoms with E-state index in [9.17, 15) is 0 Å². The molecule has 0 amide bonds. The molecule has 1 heterocycles. The Kier molecular flexibility index (Phi) is 3.02. The summed E-state index contributed by atoms with van der Waals surface area (Å²) in [5, 5.41) is 0. The SMILES string of the molecule is CN(C)Cc1cncc(Br)c1. The Hall–Kier alpha value is -0.410. The summed E-state index contributed by atoms with van der Waals surface area (Å²) in [5.41, 5.74) is 1.23. The molecule has 0 saturated carbocycles. The quantitative estimate of drug-likeness (QED) is 0.749. The predicted molar refractivity (Wildman–Crippen MR) is 49.3 cm³/mol. The van der Waals surface area contributed by atoms with Crippen LogP contribution in [0.15, 0.2) is 22.9 Å². The van der Waals surface area contributed by atoms with E-state index in [-0.39, 0.29) is 0 Å². The molecule has 0 radical (unpaired) electrons. The minimum absolute atomic E-state index is 0.937. The van der Waals surface area contributed by atoms with E-state index >= 15 is 0 Å². The first-order chi connectivity index (χ1) is 5.18. The van der Waals surface area contributed by atoms with Gasteiger partial charge in [-0.3, -0.25) is 4.98 Å². The average Bonchev–Trinajstić information content (AvgIpc) is 1.85. The van der Waals surface area contributed by atoms with E-state index < -0.39 is 0 Å². The van der Waals surface area contributed by atoms with Gasteiger partial charge in [-0.1, -0.05) is 0 Å². The second kappa shape index (κ2) is 3.83. The summed E-state index contributed by atoms with van der Waals surface area (Å²) in [7, 11) is 4.09. The van der Waals surface area contributed by atoms with Gasteiger partial charge in [-0.25, -0.2) is 0 Å². The molecular weight excluding hydrogens is 204 g/mol. The van der Waals surface area contributed by atoms with E-state index in [1.807, 2.05) is 20.3 Å². The lowest BCUT2D eigenvalue weighted by Gasteiger charge is -2.08. The zero-order valence-electron chi connectivity index (χ0n) is 6.71. The highest BCUT2D eigenvalue weighted by atomic mass is 79.9. The van der Waals surface area contributed by atoms with Gasteiger partial charge >= 0.3 is 0 Å². The molecule has 0 fully saturated rings. The fourth-order valence-electron chi connectivity index (χ4n) is 0.907. The van der Waals surface area contributed by atoms with Crippen LogP contribution < -0.4 is 0 Å². The summed E-state index contributed by atoms with van der Waals surface area (Å²) >= 11 is 3.37. The molecule has 3 heteroatoms. The standard InChI is InChI=1S/C8H11BrN2/c1-11(2)6-7-3-8(9)5-10-4-7/h3-5H,6H2,1-2H3. The van der Waals surface area contributed by atoms with Crippen LogP contribution in [-0.2, 0) is 6.54 Å². The second-order valence-corrected chi connectivity index (χ2v) is 3.66. The van der Waals surface area contributed by atoms with Gasteiger partial charge < -0.3 is 4.90 Å². The monoisotopic (exact) mass is 214 g/mol. The Morgan fingerprint density at radius 2 is 2.18 bits per heavy atom. The van der Waals surface area contributed by atoms with Gasteiger partial charge in [0.15, 0.2) is 0 Å². The van der Waals surface area contributed by atoms with Gasteiger partial charge in [0.05, 0.1) is 0 Å². The zero-order chi connectivity index (χ0) is 8.27. The lowest BCUT2D eigenvalue weighted by molar-refractivity contribution is 0.402. The third-order valence-electron chi connectivity index (χ3n) is 1.26. The molecule has 0 atom stereocenters. The van der Waals surface area contributed by atoms with Crippen LogP contribution in [0.1, 0.15) is 5.56 Å². The van der Waals surface area contributed by atoms with Gasteiger partial charge in [-0.05, 0) is 41.7 Å². The summed E-state index contributed by atoms with van der Waals surface area (Å²) in [6, 6.07) is 2.08. The van der Waals surface area contributed by atoms with Crippen molar-refractivity contribution in [2.45, 2.75) is 6.54 Å². The number of nitrogens with zero attached hydrogens (tertiary/aromatic N) is 2. The molecule has 2 nitrogen and oxygen atoms in total. The highest BCUT2D eigenvalue weighted by Crippen LogP contribution is 2.10. The normalized spacial score (nSPS) is 10.5. The van der Waals surface area contributed by atoms with Crippen molar-refractivity contribution in [2.75, 3.05) is 14.1 Å². The molecule has 1 aromatic rings. The summed E-state index contributed by atoms with van der Waals surface area (Å²) in [6.07, 6.45) is 3.67. The Labute approximate surface area is 75.4 Å². The second-order valence-electron chi connectivity index (χ2n) is 2.75. The highest BCUT2D eigenvalue weighted by Gasteiger charge is 1.95. The molecule has 11 heavy (non-hydrogen) atoms. The predicted octanol–water partition coefficient (Wildman–Crippen LogP) is 1.91. The first-order valence-electron chi connectivity index (χ1n) is 3.42. The van der Waals surface area contributed by atoms with Gasteiger partial charge in [0, 0.05) is 23.4 Å². The third kappa shape index (κ3) is 2.99.